The van der Waals surface area contributed by atoms with Gasteiger partial charge in [-0.05, 0) is 25.7 Å². The highest BCUT2D eigenvalue weighted by molar-refractivity contribution is 5.74. The highest BCUT2D eigenvalue weighted by Gasteiger charge is 2.33. The average molecular weight is 196 g/mol. The molecular weight excluding hydrogens is 176 g/mol. The van der Waals surface area contributed by atoms with Crippen molar-refractivity contribution in [2.45, 2.75) is 58.0 Å². The summed E-state index contributed by atoms with van der Waals surface area (Å²) in [5.74, 6) is 1.07. The first-order valence-electron chi connectivity index (χ1n) is 5.96. The van der Waals surface area contributed by atoms with Gasteiger partial charge in [0.1, 0.15) is 0 Å². The fourth-order valence-corrected chi connectivity index (χ4v) is 2.86. The molecule has 2 nitrogen and oxygen atoms in total. The summed E-state index contributed by atoms with van der Waals surface area (Å²) in [7, 11) is 0. The van der Waals surface area contributed by atoms with Crippen LogP contribution in [0.5, 0.6) is 0 Å². The van der Waals surface area contributed by atoms with Crippen molar-refractivity contribution in [1.29, 1.82) is 0 Å². The van der Waals surface area contributed by atoms with Crippen LogP contribution in [0.3, 0.4) is 0 Å². The number of cyclic esters (lactones) is 1. The second-order valence-corrected chi connectivity index (χ2v) is 4.92. The molecule has 0 N–H and O–H groups in total. The minimum absolute atomic E-state index is 0.0584. The Morgan fingerprint density at radius 1 is 1.29 bits per heavy atom. The second-order valence-electron chi connectivity index (χ2n) is 4.92. The molecule has 1 aliphatic carbocycles. The minimum atomic E-state index is 0.0584. The van der Waals surface area contributed by atoms with Gasteiger partial charge in [-0.2, -0.15) is 0 Å². The Bertz CT molecular complexity index is 206. The molecule has 1 saturated carbocycles. The number of esters is 1. The van der Waals surface area contributed by atoms with Crippen LogP contribution in [0.25, 0.3) is 0 Å². The molecule has 2 atom stereocenters. The van der Waals surface area contributed by atoms with Crippen LogP contribution in [-0.2, 0) is 9.53 Å². The zero-order valence-corrected chi connectivity index (χ0v) is 9.00. The Morgan fingerprint density at radius 2 is 2.00 bits per heavy atom. The van der Waals surface area contributed by atoms with Gasteiger partial charge in [0.2, 0.25) is 0 Å². The molecule has 1 saturated heterocycles. The summed E-state index contributed by atoms with van der Waals surface area (Å²) in [6.07, 6.45) is 8.98. The van der Waals surface area contributed by atoms with E-state index < -0.39 is 0 Å². The van der Waals surface area contributed by atoms with Crippen molar-refractivity contribution in [1.82, 2.24) is 0 Å². The molecule has 80 valence electrons. The van der Waals surface area contributed by atoms with E-state index in [4.69, 9.17) is 4.74 Å². The Balaban J connectivity index is 1.81. The Hall–Kier alpha value is -0.530. The molecule has 1 aliphatic heterocycles. The number of carbonyl (C=O) groups is 1. The third-order valence-corrected chi connectivity index (χ3v) is 3.61. The van der Waals surface area contributed by atoms with Crippen LogP contribution in [0.2, 0.25) is 0 Å². The van der Waals surface area contributed by atoms with Gasteiger partial charge in [0, 0.05) is 0 Å². The quantitative estimate of drug-likeness (QED) is 0.635. The van der Waals surface area contributed by atoms with Gasteiger partial charge in [-0.25, -0.2) is 0 Å². The van der Waals surface area contributed by atoms with Crippen LogP contribution < -0.4 is 0 Å². The van der Waals surface area contributed by atoms with Gasteiger partial charge < -0.3 is 4.74 Å². The minimum Gasteiger partial charge on any atom is -0.462 e. The van der Waals surface area contributed by atoms with E-state index in [1.807, 2.05) is 6.92 Å². The lowest BCUT2D eigenvalue weighted by molar-refractivity contribution is -0.144. The molecular formula is C12H20O2. The number of hydrogen-bond donors (Lipinski definition) is 0. The van der Waals surface area contributed by atoms with Gasteiger partial charge in [0.05, 0.1) is 12.0 Å². The van der Waals surface area contributed by atoms with E-state index in [0.717, 1.165) is 18.8 Å². The van der Waals surface area contributed by atoms with E-state index >= 15 is 0 Å². The zero-order chi connectivity index (χ0) is 9.97. The van der Waals surface area contributed by atoms with E-state index in [1.54, 1.807) is 0 Å². The fraction of sp³-hybridized carbons (Fsp3) is 0.917. The second kappa shape index (κ2) is 4.33. The zero-order valence-electron chi connectivity index (χ0n) is 9.00. The molecule has 0 aromatic carbocycles. The topological polar surface area (TPSA) is 26.3 Å². The van der Waals surface area contributed by atoms with E-state index in [9.17, 15) is 4.79 Å². The first-order valence-corrected chi connectivity index (χ1v) is 5.96. The predicted octanol–water partition coefficient (Wildman–Crippen LogP) is 2.91. The number of rotatable bonds is 2. The first kappa shape index (κ1) is 10.0. The lowest BCUT2D eigenvalue weighted by Crippen LogP contribution is -2.15. The summed E-state index contributed by atoms with van der Waals surface area (Å²) in [6.45, 7) is 2.00. The Morgan fingerprint density at radius 3 is 2.57 bits per heavy atom. The third-order valence-electron chi connectivity index (χ3n) is 3.61. The van der Waals surface area contributed by atoms with Crippen molar-refractivity contribution in [3.05, 3.63) is 0 Å². The van der Waals surface area contributed by atoms with Crippen molar-refractivity contribution in [3.8, 4) is 0 Å². The molecule has 0 bridgehead atoms. The van der Waals surface area contributed by atoms with Gasteiger partial charge in [-0.1, -0.05) is 32.1 Å². The molecule has 0 amide bonds. The SMILES string of the molecule is CC1CC(CC2CCCCC2)C(=O)O1. The Labute approximate surface area is 86.0 Å². The predicted molar refractivity (Wildman–Crippen MR) is 54.9 cm³/mol. The lowest BCUT2D eigenvalue weighted by atomic mass is 9.82. The van der Waals surface area contributed by atoms with Crippen LogP contribution in [-0.4, -0.2) is 12.1 Å². The fourth-order valence-electron chi connectivity index (χ4n) is 2.86. The van der Waals surface area contributed by atoms with Crippen molar-refractivity contribution >= 4 is 5.97 Å². The van der Waals surface area contributed by atoms with Gasteiger partial charge in [0.25, 0.3) is 0 Å². The maximum atomic E-state index is 11.4. The molecule has 0 aromatic rings. The van der Waals surface area contributed by atoms with Gasteiger partial charge in [-0.3, -0.25) is 4.79 Å². The summed E-state index contributed by atoms with van der Waals surface area (Å²) in [5.41, 5.74) is 0. The molecule has 2 heteroatoms. The summed E-state index contributed by atoms with van der Waals surface area (Å²) in [5, 5.41) is 0. The third kappa shape index (κ3) is 2.28. The summed E-state index contributed by atoms with van der Waals surface area (Å²) >= 11 is 0. The first-order chi connectivity index (χ1) is 6.75. The molecule has 2 fully saturated rings. The van der Waals surface area contributed by atoms with Gasteiger partial charge in [-0.15, -0.1) is 0 Å². The summed E-state index contributed by atoms with van der Waals surface area (Å²) < 4.78 is 5.18. The molecule has 14 heavy (non-hydrogen) atoms. The lowest BCUT2D eigenvalue weighted by Gasteiger charge is -2.22. The standard InChI is InChI=1S/C12H20O2/c1-9-7-11(12(13)14-9)8-10-5-3-2-4-6-10/h9-11H,2-8H2,1H3. The van der Waals surface area contributed by atoms with Crippen molar-refractivity contribution < 1.29 is 9.53 Å². The summed E-state index contributed by atoms with van der Waals surface area (Å²) in [6, 6.07) is 0. The number of hydrogen-bond acceptors (Lipinski definition) is 2. The maximum Gasteiger partial charge on any atom is 0.309 e. The van der Waals surface area contributed by atoms with E-state index in [2.05, 4.69) is 0 Å². The summed E-state index contributed by atoms with van der Waals surface area (Å²) in [4.78, 5) is 11.4. The van der Waals surface area contributed by atoms with Crippen LogP contribution in [0, 0.1) is 11.8 Å². The van der Waals surface area contributed by atoms with E-state index in [-0.39, 0.29) is 18.0 Å². The van der Waals surface area contributed by atoms with Crippen molar-refractivity contribution in [2.24, 2.45) is 11.8 Å². The van der Waals surface area contributed by atoms with E-state index in [1.165, 1.54) is 32.1 Å². The molecule has 0 spiro atoms. The van der Waals surface area contributed by atoms with Crippen LogP contribution in [0.1, 0.15) is 51.9 Å². The monoisotopic (exact) mass is 196 g/mol. The molecule has 2 rings (SSSR count). The van der Waals surface area contributed by atoms with Crippen LogP contribution >= 0.6 is 0 Å². The normalized spacial score (nSPS) is 34.5. The van der Waals surface area contributed by atoms with E-state index in [0.29, 0.717) is 0 Å². The van der Waals surface area contributed by atoms with Crippen molar-refractivity contribution in [2.75, 3.05) is 0 Å². The largest absolute Gasteiger partial charge is 0.462 e. The average Bonchev–Trinajstić information content (AvgIpc) is 2.47. The van der Waals surface area contributed by atoms with Gasteiger partial charge in [0.15, 0.2) is 0 Å². The smallest absolute Gasteiger partial charge is 0.309 e. The molecule has 0 radical (unpaired) electrons. The number of ether oxygens (including phenoxy) is 1. The Kier molecular flexibility index (Phi) is 3.09. The molecule has 2 aliphatic rings. The molecule has 2 unspecified atom stereocenters. The highest BCUT2D eigenvalue weighted by atomic mass is 16.5. The molecule has 1 heterocycles. The van der Waals surface area contributed by atoms with Crippen LogP contribution in [0.4, 0.5) is 0 Å². The number of carbonyl (C=O) groups excluding carboxylic acids is 1. The molecule has 0 aromatic heterocycles. The van der Waals surface area contributed by atoms with Gasteiger partial charge >= 0.3 is 5.97 Å². The maximum absolute atomic E-state index is 11.4. The highest BCUT2D eigenvalue weighted by Crippen LogP contribution is 2.33. The van der Waals surface area contributed by atoms with Crippen LogP contribution in [0.15, 0.2) is 0 Å². The van der Waals surface area contributed by atoms with Crippen molar-refractivity contribution in [3.63, 3.8) is 0 Å².